The molecule has 1 aromatic carbocycles. The molecule has 3 rings (SSSR count). The lowest BCUT2D eigenvalue weighted by molar-refractivity contribution is 0.249. The minimum Gasteiger partial charge on any atom is -0.334 e. The quantitative estimate of drug-likeness (QED) is 0.881. The van der Waals surface area contributed by atoms with Crippen molar-refractivity contribution in [3.8, 4) is 0 Å². The van der Waals surface area contributed by atoms with Crippen molar-refractivity contribution in [2.45, 2.75) is 12.5 Å². The Labute approximate surface area is 122 Å². The Balaban J connectivity index is 1.72. The summed E-state index contributed by atoms with van der Waals surface area (Å²) in [5, 5.41) is 6.35. The van der Waals surface area contributed by atoms with Crippen LogP contribution in [0.2, 0.25) is 0 Å². The molecule has 6 nitrogen and oxygen atoms in total. The van der Waals surface area contributed by atoms with Crippen molar-refractivity contribution < 1.29 is 13.2 Å². The topological polar surface area (TPSA) is 88.2 Å². The summed E-state index contributed by atoms with van der Waals surface area (Å²) in [5.74, 6) is 0.141. The zero-order valence-corrected chi connectivity index (χ0v) is 12.1. The zero-order chi connectivity index (χ0) is 14.9. The Morgan fingerprint density at radius 1 is 1.24 bits per heavy atom. The summed E-state index contributed by atoms with van der Waals surface area (Å²) < 4.78 is 22.7. The molecule has 0 aliphatic carbocycles. The van der Waals surface area contributed by atoms with Gasteiger partial charge in [0, 0.05) is 17.6 Å². The number of para-hydroxylation sites is 1. The van der Waals surface area contributed by atoms with Gasteiger partial charge in [0.15, 0.2) is 9.84 Å². The molecule has 0 bridgehead atoms. The van der Waals surface area contributed by atoms with E-state index in [9.17, 15) is 13.2 Å². The first-order chi connectivity index (χ1) is 10.0. The van der Waals surface area contributed by atoms with Gasteiger partial charge >= 0.3 is 6.03 Å². The van der Waals surface area contributed by atoms with Crippen LogP contribution in [0.3, 0.4) is 0 Å². The van der Waals surface area contributed by atoms with E-state index >= 15 is 0 Å². The highest BCUT2D eigenvalue weighted by molar-refractivity contribution is 7.91. The highest BCUT2D eigenvalue weighted by Gasteiger charge is 2.28. The number of fused-ring (bicyclic) bond motifs is 1. The monoisotopic (exact) mass is 305 g/mol. The summed E-state index contributed by atoms with van der Waals surface area (Å²) in [6, 6.07) is 8.52. The Bertz CT molecular complexity index is 784. The lowest BCUT2D eigenvalue weighted by Gasteiger charge is -2.13. The lowest BCUT2D eigenvalue weighted by atomic mass is 10.2. The van der Waals surface area contributed by atoms with Crippen molar-refractivity contribution in [3.05, 3.63) is 36.5 Å². The van der Waals surface area contributed by atoms with E-state index < -0.39 is 15.9 Å². The molecular weight excluding hydrogens is 290 g/mol. The van der Waals surface area contributed by atoms with E-state index in [0.717, 1.165) is 5.39 Å². The van der Waals surface area contributed by atoms with Crippen LogP contribution in [-0.2, 0) is 9.84 Å². The summed E-state index contributed by atoms with van der Waals surface area (Å²) in [5.41, 5.74) is 1.31. The number of hydrogen-bond acceptors (Lipinski definition) is 4. The maximum Gasteiger partial charge on any atom is 0.319 e. The normalized spacial score (nSPS) is 20.3. The maximum atomic E-state index is 12.0. The van der Waals surface area contributed by atoms with E-state index in [1.165, 1.54) is 0 Å². The van der Waals surface area contributed by atoms with Gasteiger partial charge in [0.05, 0.1) is 22.7 Å². The largest absolute Gasteiger partial charge is 0.334 e. The van der Waals surface area contributed by atoms with E-state index in [4.69, 9.17) is 0 Å². The Morgan fingerprint density at radius 3 is 2.81 bits per heavy atom. The molecule has 1 aromatic heterocycles. The third-order valence-corrected chi connectivity index (χ3v) is 5.22. The van der Waals surface area contributed by atoms with Gasteiger partial charge in [0.2, 0.25) is 0 Å². The third-order valence-electron chi connectivity index (χ3n) is 3.45. The van der Waals surface area contributed by atoms with Gasteiger partial charge < -0.3 is 10.6 Å². The number of amides is 2. The number of aromatic nitrogens is 1. The van der Waals surface area contributed by atoms with Crippen LogP contribution in [0.5, 0.6) is 0 Å². The standard InChI is InChI=1S/C14H15N3O3S/c18-14(16-11-6-8-21(19,20)9-11)17-12-5-1-3-10-4-2-7-15-13(10)12/h1-5,7,11H,6,8-9H2,(H2,16,17,18)/t11-/m0/s1. The molecule has 1 atom stereocenters. The van der Waals surface area contributed by atoms with Crippen LogP contribution in [0, 0.1) is 0 Å². The number of carbonyl (C=O) groups excluding carboxylic acids is 1. The Kier molecular flexibility index (Phi) is 3.50. The second-order valence-electron chi connectivity index (χ2n) is 5.08. The number of anilines is 1. The SMILES string of the molecule is O=C(Nc1cccc2cccnc12)N[C@H]1CCS(=O)(=O)C1. The van der Waals surface area contributed by atoms with Crippen LogP contribution in [0.4, 0.5) is 10.5 Å². The minimum atomic E-state index is -3.00. The molecule has 1 saturated heterocycles. The number of hydrogen-bond donors (Lipinski definition) is 2. The molecule has 2 amide bonds. The summed E-state index contributed by atoms with van der Waals surface area (Å²) in [7, 11) is -3.00. The molecule has 0 saturated carbocycles. The van der Waals surface area contributed by atoms with Crippen molar-refractivity contribution in [3.63, 3.8) is 0 Å². The lowest BCUT2D eigenvalue weighted by Crippen LogP contribution is -2.38. The molecule has 2 heterocycles. The van der Waals surface area contributed by atoms with Crippen LogP contribution in [0.15, 0.2) is 36.5 Å². The average Bonchev–Trinajstić information content (AvgIpc) is 2.78. The van der Waals surface area contributed by atoms with Gasteiger partial charge in [-0.05, 0) is 18.6 Å². The molecule has 1 aliphatic heterocycles. The zero-order valence-electron chi connectivity index (χ0n) is 11.2. The van der Waals surface area contributed by atoms with E-state index in [2.05, 4.69) is 15.6 Å². The smallest absolute Gasteiger partial charge is 0.319 e. The highest BCUT2D eigenvalue weighted by atomic mass is 32.2. The van der Waals surface area contributed by atoms with Crippen LogP contribution >= 0.6 is 0 Å². The fraction of sp³-hybridized carbons (Fsp3) is 0.286. The average molecular weight is 305 g/mol. The summed E-state index contributed by atoms with van der Waals surface area (Å²) in [4.78, 5) is 16.2. The fourth-order valence-corrected chi connectivity index (χ4v) is 4.13. The summed E-state index contributed by atoms with van der Waals surface area (Å²) in [6.07, 6.45) is 2.12. The second-order valence-corrected chi connectivity index (χ2v) is 7.31. The summed E-state index contributed by atoms with van der Waals surface area (Å²) in [6.45, 7) is 0. The predicted molar refractivity (Wildman–Crippen MR) is 81.0 cm³/mol. The van der Waals surface area contributed by atoms with Gasteiger partial charge in [-0.15, -0.1) is 0 Å². The van der Waals surface area contributed by atoms with Crippen molar-refractivity contribution in [1.82, 2.24) is 10.3 Å². The van der Waals surface area contributed by atoms with Crippen LogP contribution < -0.4 is 10.6 Å². The highest BCUT2D eigenvalue weighted by Crippen LogP contribution is 2.20. The van der Waals surface area contributed by atoms with Gasteiger partial charge in [-0.3, -0.25) is 4.98 Å². The molecule has 2 aromatic rings. The first-order valence-electron chi connectivity index (χ1n) is 6.65. The number of nitrogens with zero attached hydrogens (tertiary/aromatic N) is 1. The predicted octanol–water partition coefficient (Wildman–Crippen LogP) is 1.54. The minimum absolute atomic E-state index is 0.00814. The Hall–Kier alpha value is -2.15. The molecule has 0 radical (unpaired) electrons. The number of benzene rings is 1. The van der Waals surface area contributed by atoms with E-state index in [1.54, 1.807) is 12.3 Å². The first-order valence-corrected chi connectivity index (χ1v) is 8.47. The number of sulfone groups is 1. The third kappa shape index (κ3) is 3.13. The van der Waals surface area contributed by atoms with Crippen LogP contribution in [-0.4, -0.2) is 37.0 Å². The van der Waals surface area contributed by atoms with Gasteiger partial charge in [-0.1, -0.05) is 18.2 Å². The van der Waals surface area contributed by atoms with E-state index in [-0.39, 0.29) is 17.5 Å². The van der Waals surface area contributed by atoms with Gasteiger partial charge in [-0.2, -0.15) is 0 Å². The molecule has 110 valence electrons. The molecule has 7 heteroatoms. The number of pyridine rings is 1. The fourth-order valence-electron chi connectivity index (χ4n) is 2.46. The van der Waals surface area contributed by atoms with Crippen molar-refractivity contribution >= 4 is 32.5 Å². The number of nitrogens with one attached hydrogen (secondary N) is 2. The van der Waals surface area contributed by atoms with Crippen molar-refractivity contribution in [2.24, 2.45) is 0 Å². The van der Waals surface area contributed by atoms with Crippen LogP contribution in [0.25, 0.3) is 10.9 Å². The number of rotatable bonds is 2. The molecule has 2 N–H and O–H groups in total. The van der Waals surface area contributed by atoms with Crippen LogP contribution in [0.1, 0.15) is 6.42 Å². The van der Waals surface area contributed by atoms with E-state index in [1.807, 2.05) is 24.3 Å². The van der Waals surface area contributed by atoms with Gasteiger partial charge in [-0.25, -0.2) is 13.2 Å². The van der Waals surface area contributed by atoms with E-state index in [0.29, 0.717) is 17.6 Å². The molecule has 1 fully saturated rings. The van der Waals surface area contributed by atoms with Gasteiger partial charge in [0.1, 0.15) is 0 Å². The molecule has 1 aliphatic rings. The first kappa shape index (κ1) is 13.8. The number of urea groups is 1. The van der Waals surface area contributed by atoms with Gasteiger partial charge in [0.25, 0.3) is 0 Å². The Morgan fingerprint density at radius 2 is 2.05 bits per heavy atom. The molecule has 0 spiro atoms. The molecule has 0 unspecified atom stereocenters. The molecular formula is C14H15N3O3S. The summed E-state index contributed by atoms with van der Waals surface area (Å²) >= 11 is 0. The molecule has 21 heavy (non-hydrogen) atoms. The maximum absolute atomic E-state index is 12.0. The number of carbonyl (C=O) groups is 1. The van der Waals surface area contributed by atoms with Crippen molar-refractivity contribution in [2.75, 3.05) is 16.8 Å². The second kappa shape index (κ2) is 5.33. The van der Waals surface area contributed by atoms with Crippen molar-refractivity contribution in [1.29, 1.82) is 0 Å².